The van der Waals surface area contributed by atoms with Crippen LogP contribution in [0, 0.1) is 10.1 Å². The van der Waals surface area contributed by atoms with Crippen molar-refractivity contribution < 1.29 is 14.8 Å². The van der Waals surface area contributed by atoms with E-state index in [2.05, 4.69) is 17.9 Å². The summed E-state index contributed by atoms with van der Waals surface area (Å²) in [5.74, 6) is -1.19. The molecule has 92 valence electrons. The van der Waals surface area contributed by atoms with Crippen LogP contribution in [0.4, 0.5) is 0 Å². The van der Waals surface area contributed by atoms with Crippen molar-refractivity contribution in [2.75, 3.05) is 5.75 Å². The van der Waals surface area contributed by atoms with Gasteiger partial charge in [-0.1, -0.05) is 30.3 Å². The number of aliphatic carboxylic acids is 1. The molecule has 1 rings (SSSR count). The Morgan fingerprint density at radius 2 is 2.06 bits per heavy atom. The number of hydrogen-bond acceptors (Lipinski definition) is 5. The molecule has 0 heterocycles. The summed E-state index contributed by atoms with van der Waals surface area (Å²) >= 11 is 3.84. The van der Waals surface area contributed by atoms with E-state index in [1.54, 1.807) is 30.3 Å². The second kappa shape index (κ2) is 6.21. The fourth-order valence-electron chi connectivity index (χ4n) is 1.31. The van der Waals surface area contributed by atoms with Crippen molar-refractivity contribution in [1.82, 2.24) is 5.32 Å². The second-order valence-corrected chi connectivity index (χ2v) is 3.70. The summed E-state index contributed by atoms with van der Waals surface area (Å²) in [5.41, 5.74) is 0.408. The predicted octanol–water partition coefficient (Wildman–Crippen LogP) is 0.935. The molecule has 0 aromatic heterocycles. The fraction of sp³-hybridized carbons (Fsp3) is 0.300. The lowest BCUT2D eigenvalue weighted by Crippen LogP contribution is -2.43. The van der Waals surface area contributed by atoms with E-state index in [-0.39, 0.29) is 5.75 Å². The van der Waals surface area contributed by atoms with Crippen molar-refractivity contribution in [1.29, 1.82) is 0 Å². The number of benzene rings is 1. The summed E-state index contributed by atoms with van der Waals surface area (Å²) in [6.07, 6.45) is -1.25. The van der Waals surface area contributed by atoms with Crippen LogP contribution in [0.25, 0.3) is 0 Å². The molecule has 1 unspecified atom stereocenters. The molecule has 0 aliphatic carbocycles. The Labute approximate surface area is 103 Å². The molecule has 2 atom stereocenters. The van der Waals surface area contributed by atoms with Crippen molar-refractivity contribution in [3.05, 3.63) is 46.0 Å². The van der Waals surface area contributed by atoms with Gasteiger partial charge in [0, 0.05) is 16.2 Å². The first-order valence-electron chi connectivity index (χ1n) is 4.84. The van der Waals surface area contributed by atoms with Crippen molar-refractivity contribution in [2.24, 2.45) is 0 Å². The third-order valence-electron chi connectivity index (χ3n) is 2.17. The van der Waals surface area contributed by atoms with Crippen LogP contribution in [-0.2, 0) is 4.79 Å². The number of nitrogens with zero attached hydrogens (tertiary/aromatic N) is 1. The zero-order chi connectivity index (χ0) is 12.8. The molecule has 0 amide bonds. The highest BCUT2D eigenvalue weighted by Crippen LogP contribution is 2.14. The van der Waals surface area contributed by atoms with Gasteiger partial charge in [0.05, 0.1) is 0 Å². The molecule has 17 heavy (non-hydrogen) atoms. The molecule has 1 aromatic carbocycles. The Kier molecular flexibility index (Phi) is 4.92. The van der Waals surface area contributed by atoms with Gasteiger partial charge in [0.1, 0.15) is 6.04 Å². The lowest BCUT2D eigenvalue weighted by molar-refractivity contribution is -0.536. The molecular formula is C10H12N2O4S. The van der Waals surface area contributed by atoms with Gasteiger partial charge in [-0.15, -0.1) is 0 Å². The molecule has 0 radical (unpaired) electrons. The minimum atomic E-state index is -1.25. The van der Waals surface area contributed by atoms with Gasteiger partial charge in [0.25, 0.3) is 6.17 Å². The van der Waals surface area contributed by atoms with Gasteiger partial charge in [-0.05, 0) is 0 Å². The smallest absolute Gasteiger partial charge is 0.321 e. The van der Waals surface area contributed by atoms with Crippen LogP contribution < -0.4 is 5.32 Å². The Morgan fingerprint density at radius 3 is 2.47 bits per heavy atom. The van der Waals surface area contributed by atoms with E-state index >= 15 is 0 Å². The minimum Gasteiger partial charge on any atom is -0.480 e. The van der Waals surface area contributed by atoms with Gasteiger partial charge in [0.15, 0.2) is 0 Å². The Balaban J connectivity index is 2.88. The second-order valence-electron chi connectivity index (χ2n) is 3.34. The maximum absolute atomic E-state index is 10.9. The molecule has 0 saturated heterocycles. The molecule has 0 fully saturated rings. The van der Waals surface area contributed by atoms with E-state index in [1.807, 2.05) is 0 Å². The first-order valence-corrected chi connectivity index (χ1v) is 5.47. The lowest BCUT2D eigenvalue weighted by Gasteiger charge is -2.16. The first kappa shape index (κ1) is 13.5. The van der Waals surface area contributed by atoms with E-state index in [4.69, 9.17) is 5.11 Å². The SMILES string of the molecule is O=C(O)[C@@H](CS)NC(c1ccccc1)[N+](=O)[O-]. The summed E-state index contributed by atoms with van der Waals surface area (Å²) in [7, 11) is 0. The highest BCUT2D eigenvalue weighted by atomic mass is 32.1. The van der Waals surface area contributed by atoms with Crippen LogP contribution in [-0.4, -0.2) is 27.8 Å². The summed E-state index contributed by atoms with van der Waals surface area (Å²) in [4.78, 5) is 21.1. The number of nitro groups is 1. The topological polar surface area (TPSA) is 92.5 Å². The normalized spacial score (nSPS) is 13.9. The number of nitrogens with one attached hydrogen (secondary N) is 1. The molecule has 0 spiro atoms. The molecular weight excluding hydrogens is 244 g/mol. The quantitative estimate of drug-likeness (QED) is 0.305. The minimum absolute atomic E-state index is 0.0213. The van der Waals surface area contributed by atoms with Crippen molar-refractivity contribution >= 4 is 18.6 Å². The molecule has 0 aliphatic heterocycles. The summed E-state index contributed by atoms with van der Waals surface area (Å²) in [6.45, 7) is 0. The first-order chi connectivity index (χ1) is 8.06. The third kappa shape index (κ3) is 3.72. The van der Waals surface area contributed by atoms with Crippen LogP contribution in [0.15, 0.2) is 30.3 Å². The van der Waals surface area contributed by atoms with E-state index in [0.29, 0.717) is 5.56 Å². The highest BCUT2D eigenvalue weighted by Gasteiger charge is 2.28. The number of carbonyl (C=O) groups is 1. The van der Waals surface area contributed by atoms with E-state index in [9.17, 15) is 14.9 Å². The molecule has 0 saturated carbocycles. The Morgan fingerprint density at radius 1 is 1.47 bits per heavy atom. The van der Waals surface area contributed by atoms with Crippen LogP contribution in [0.1, 0.15) is 11.7 Å². The van der Waals surface area contributed by atoms with E-state index < -0.39 is 23.1 Å². The van der Waals surface area contributed by atoms with Crippen LogP contribution in [0.2, 0.25) is 0 Å². The molecule has 0 bridgehead atoms. The van der Waals surface area contributed by atoms with Gasteiger partial charge >= 0.3 is 5.97 Å². The predicted molar refractivity (Wildman–Crippen MR) is 64.6 cm³/mol. The summed E-state index contributed by atoms with van der Waals surface area (Å²) in [6, 6.07) is 7.12. The average Bonchev–Trinajstić information content (AvgIpc) is 2.30. The van der Waals surface area contributed by atoms with Crippen molar-refractivity contribution in [2.45, 2.75) is 12.2 Å². The van der Waals surface area contributed by atoms with Gasteiger partial charge in [-0.25, -0.2) is 5.32 Å². The zero-order valence-corrected chi connectivity index (χ0v) is 9.71. The number of carboxylic acids is 1. The highest BCUT2D eigenvalue weighted by molar-refractivity contribution is 7.80. The number of hydrogen-bond donors (Lipinski definition) is 3. The largest absolute Gasteiger partial charge is 0.480 e. The van der Waals surface area contributed by atoms with E-state index in [0.717, 1.165) is 0 Å². The monoisotopic (exact) mass is 256 g/mol. The number of thiol groups is 1. The van der Waals surface area contributed by atoms with Gasteiger partial charge in [0.2, 0.25) is 0 Å². The standard InChI is InChI=1S/C10H12N2O4S/c13-10(14)8(6-17)11-9(12(15)16)7-4-2-1-3-5-7/h1-5,8-9,11,17H,6H2,(H,13,14)/t8-,9?/m1/s1. The van der Waals surface area contributed by atoms with Crippen LogP contribution >= 0.6 is 12.6 Å². The van der Waals surface area contributed by atoms with Crippen molar-refractivity contribution in [3.63, 3.8) is 0 Å². The number of carboxylic acid groups (broad SMARTS) is 1. The molecule has 7 heteroatoms. The summed E-state index contributed by atoms with van der Waals surface area (Å²) < 4.78 is 0. The van der Waals surface area contributed by atoms with Crippen LogP contribution in [0.5, 0.6) is 0 Å². The Bertz CT molecular complexity index is 399. The van der Waals surface area contributed by atoms with Crippen molar-refractivity contribution in [3.8, 4) is 0 Å². The van der Waals surface area contributed by atoms with Gasteiger partial charge < -0.3 is 5.11 Å². The maximum Gasteiger partial charge on any atom is 0.321 e. The third-order valence-corrected chi connectivity index (χ3v) is 2.53. The fourth-order valence-corrected chi connectivity index (χ4v) is 1.57. The maximum atomic E-state index is 10.9. The van der Waals surface area contributed by atoms with E-state index in [1.165, 1.54) is 0 Å². The van der Waals surface area contributed by atoms with Gasteiger partial charge in [-0.3, -0.25) is 14.9 Å². The van der Waals surface area contributed by atoms with Gasteiger partial charge in [-0.2, -0.15) is 12.6 Å². The Hall–Kier alpha value is -1.60. The average molecular weight is 256 g/mol. The van der Waals surface area contributed by atoms with Crippen LogP contribution in [0.3, 0.4) is 0 Å². The molecule has 1 aromatic rings. The molecule has 2 N–H and O–H groups in total. The molecule has 6 nitrogen and oxygen atoms in total. The lowest BCUT2D eigenvalue weighted by atomic mass is 10.1. The number of rotatable bonds is 6. The summed E-state index contributed by atoms with van der Waals surface area (Å²) in [5, 5.41) is 22.2. The molecule has 0 aliphatic rings. The zero-order valence-electron chi connectivity index (χ0n) is 8.81.